The maximum absolute atomic E-state index is 11.9. The Hall–Kier alpha value is -3.29. The van der Waals surface area contributed by atoms with E-state index in [1.807, 2.05) is 4.98 Å². The van der Waals surface area contributed by atoms with Crippen LogP contribution in [-0.4, -0.2) is 32.2 Å². The maximum atomic E-state index is 11.9. The number of aromatic nitrogens is 1. The van der Waals surface area contributed by atoms with Gasteiger partial charge in [-0.15, -0.1) is 0 Å². The molecule has 0 saturated heterocycles. The summed E-state index contributed by atoms with van der Waals surface area (Å²) in [6.45, 7) is 1.55. The number of anilines is 1. The number of aromatic amines is 1. The van der Waals surface area contributed by atoms with Crippen LogP contribution in [0, 0.1) is 6.92 Å². The van der Waals surface area contributed by atoms with Gasteiger partial charge in [0.15, 0.2) is 0 Å². The number of aryl methyl sites for hydroxylation is 1. The summed E-state index contributed by atoms with van der Waals surface area (Å²) >= 11 is 0. The lowest BCUT2D eigenvalue weighted by molar-refractivity contribution is 0.0695. The number of phenols is 1. The van der Waals surface area contributed by atoms with E-state index in [0.717, 1.165) is 0 Å². The summed E-state index contributed by atoms with van der Waals surface area (Å²) in [5.41, 5.74) is 2.95. The van der Waals surface area contributed by atoms with Crippen LogP contribution in [0.15, 0.2) is 23.0 Å². The van der Waals surface area contributed by atoms with Crippen molar-refractivity contribution < 1.29 is 24.9 Å². The van der Waals surface area contributed by atoms with Gasteiger partial charge in [0.2, 0.25) is 0 Å². The molecule has 0 aliphatic rings. The van der Waals surface area contributed by atoms with Crippen molar-refractivity contribution in [3.05, 3.63) is 45.2 Å². The molecule has 0 fully saturated rings. The molecule has 8 nitrogen and oxygen atoms in total. The van der Waals surface area contributed by atoms with Crippen LogP contribution >= 0.6 is 0 Å². The molecular weight excluding hydrogens is 292 g/mol. The SMILES string of the molecule is Cc1cccc(-c2c(C(=O)O)c(N)[nH]c(=O)c2C(=O)O)c1O. The number of aromatic carboxylic acids is 2. The third-order valence-electron chi connectivity index (χ3n) is 3.18. The minimum Gasteiger partial charge on any atom is -0.507 e. The van der Waals surface area contributed by atoms with Crippen molar-refractivity contribution in [2.75, 3.05) is 5.73 Å². The van der Waals surface area contributed by atoms with E-state index in [4.69, 9.17) is 5.73 Å². The van der Waals surface area contributed by atoms with Gasteiger partial charge >= 0.3 is 11.9 Å². The second kappa shape index (κ2) is 5.24. The fourth-order valence-electron chi connectivity index (χ4n) is 2.18. The minimum atomic E-state index is -1.63. The van der Waals surface area contributed by atoms with E-state index in [-0.39, 0.29) is 11.3 Å². The molecule has 0 aliphatic carbocycles. The first-order valence-electron chi connectivity index (χ1n) is 6.07. The van der Waals surface area contributed by atoms with Gasteiger partial charge < -0.3 is 26.0 Å². The highest BCUT2D eigenvalue weighted by molar-refractivity contribution is 6.08. The molecule has 2 rings (SSSR count). The van der Waals surface area contributed by atoms with Gasteiger partial charge in [-0.1, -0.05) is 18.2 Å². The first kappa shape index (κ1) is 15.1. The molecule has 1 aromatic heterocycles. The van der Waals surface area contributed by atoms with Crippen molar-refractivity contribution in [3.63, 3.8) is 0 Å². The van der Waals surface area contributed by atoms with E-state index in [2.05, 4.69) is 0 Å². The molecule has 0 unspecified atom stereocenters. The normalized spacial score (nSPS) is 10.4. The molecule has 6 N–H and O–H groups in total. The number of hydrogen-bond donors (Lipinski definition) is 5. The standard InChI is InChI=1S/C14H12N2O6/c1-5-3-2-4-6(10(5)17)7-8(13(19)20)11(15)16-12(18)9(7)14(21)22/h2-4,17H,1H3,(H,19,20)(H,21,22)(H3,15,16,18). The van der Waals surface area contributed by atoms with Crippen LogP contribution < -0.4 is 11.3 Å². The molecule has 22 heavy (non-hydrogen) atoms. The van der Waals surface area contributed by atoms with Gasteiger partial charge in [0.1, 0.15) is 22.7 Å². The van der Waals surface area contributed by atoms with Gasteiger partial charge in [0.25, 0.3) is 5.56 Å². The van der Waals surface area contributed by atoms with Gasteiger partial charge in [-0.25, -0.2) is 9.59 Å². The quantitative estimate of drug-likeness (QED) is 0.567. The average molecular weight is 304 g/mol. The fraction of sp³-hybridized carbons (Fsp3) is 0.0714. The zero-order valence-electron chi connectivity index (χ0n) is 11.4. The van der Waals surface area contributed by atoms with Crippen molar-refractivity contribution in [3.8, 4) is 16.9 Å². The number of nitrogen functional groups attached to an aromatic ring is 1. The number of rotatable bonds is 3. The molecule has 1 aromatic carbocycles. The molecule has 2 aromatic rings. The minimum absolute atomic E-state index is 0.0902. The fourth-order valence-corrected chi connectivity index (χ4v) is 2.18. The molecule has 0 saturated carbocycles. The number of carboxylic acids is 2. The smallest absolute Gasteiger partial charge is 0.342 e. The molecule has 8 heteroatoms. The van der Waals surface area contributed by atoms with Crippen molar-refractivity contribution in [1.82, 2.24) is 4.98 Å². The Bertz CT molecular complexity index is 853. The lowest BCUT2D eigenvalue weighted by Gasteiger charge is -2.14. The number of aromatic hydroxyl groups is 1. The number of carboxylic acid groups (broad SMARTS) is 2. The first-order valence-corrected chi connectivity index (χ1v) is 6.07. The van der Waals surface area contributed by atoms with E-state index in [1.165, 1.54) is 12.1 Å². The number of nitrogens with two attached hydrogens (primary N) is 1. The summed E-state index contributed by atoms with van der Waals surface area (Å²) in [6.07, 6.45) is 0. The zero-order chi connectivity index (χ0) is 16.6. The molecule has 1 heterocycles. The Labute approximate surface area is 123 Å². The van der Waals surface area contributed by atoms with Crippen LogP contribution in [0.5, 0.6) is 5.75 Å². The van der Waals surface area contributed by atoms with Gasteiger partial charge in [0, 0.05) is 11.1 Å². The highest BCUT2D eigenvalue weighted by Gasteiger charge is 2.28. The Morgan fingerprint density at radius 1 is 1.14 bits per heavy atom. The maximum Gasteiger partial charge on any atom is 0.342 e. The van der Waals surface area contributed by atoms with Crippen LogP contribution in [0.25, 0.3) is 11.1 Å². The third kappa shape index (κ3) is 2.26. The van der Waals surface area contributed by atoms with Crippen LogP contribution in [0.2, 0.25) is 0 Å². The van der Waals surface area contributed by atoms with Gasteiger partial charge in [-0.3, -0.25) is 4.79 Å². The summed E-state index contributed by atoms with van der Waals surface area (Å²) in [4.78, 5) is 36.6. The summed E-state index contributed by atoms with van der Waals surface area (Å²) in [5, 5.41) is 28.6. The van der Waals surface area contributed by atoms with E-state index in [0.29, 0.717) is 5.56 Å². The Balaban J connectivity index is 3.06. The lowest BCUT2D eigenvalue weighted by Crippen LogP contribution is -2.24. The largest absolute Gasteiger partial charge is 0.507 e. The summed E-state index contributed by atoms with van der Waals surface area (Å²) in [7, 11) is 0. The molecular formula is C14H12N2O6. The topological polar surface area (TPSA) is 154 Å². The Kier molecular flexibility index (Phi) is 3.60. The predicted octanol–water partition coefficient (Wildman–Crippen LogP) is 1.03. The molecule has 114 valence electrons. The number of hydrogen-bond acceptors (Lipinski definition) is 5. The number of carbonyl (C=O) groups is 2. The number of H-pyrrole nitrogens is 1. The van der Waals surface area contributed by atoms with E-state index < -0.39 is 40.0 Å². The molecule has 0 bridgehead atoms. The summed E-state index contributed by atoms with van der Waals surface area (Å²) in [5.74, 6) is -3.96. The molecule has 0 spiro atoms. The average Bonchev–Trinajstić information content (AvgIpc) is 2.39. The van der Waals surface area contributed by atoms with Gasteiger partial charge in [-0.2, -0.15) is 0 Å². The third-order valence-corrected chi connectivity index (χ3v) is 3.18. The van der Waals surface area contributed by atoms with Crippen molar-refractivity contribution in [2.45, 2.75) is 6.92 Å². The van der Waals surface area contributed by atoms with E-state index >= 15 is 0 Å². The van der Waals surface area contributed by atoms with Crippen LogP contribution in [0.4, 0.5) is 5.82 Å². The Morgan fingerprint density at radius 2 is 1.73 bits per heavy atom. The molecule has 0 aliphatic heterocycles. The lowest BCUT2D eigenvalue weighted by atomic mass is 9.93. The van der Waals surface area contributed by atoms with Crippen molar-refractivity contribution in [1.29, 1.82) is 0 Å². The number of nitrogens with one attached hydrogen (secondary N) is 1. The van der Waals surface area contributed by atoms with Crippen LogP contribution in [-0.2, 0) is 0 Å². The van der Waals surface area contributed by atoms with E-state index in [9.17, 15) is 29.7 Å². The molecule has 0 atom stereocenters. The highest BCUT2D eigenvalue weighted by Crippen LogP contribution is 2.36. The number of para-hydroxylation sites is 1. The molecule has 0 radical (unpaired) electrons. The van der Waals surface area contributed by atoms with Gasteiger partial charge in [-0.05, 0) is 12.5 Å². The van der Waals surface area contributed by atoms with Crippen LogP contribution in [0.1, 0.15) is 26.3 Å². The van der Waals surface area contributed by atoms with Gasteiger partial charge in [0.05, 0.1) is 0 Å². The van der Waals surface area contributed by atoms with E-state index in [1.54, 1.807) is 13.0 Å². The number of benzene rings is 1. The second-order valence-corrected chi connectivity index (χ2v) is 4.57. The number of phenolic OH excluding ortho intramolecular Hbond substituents is 1. The van der Waals surface area contributed by atoms with Crippen LogP contribution in [0.3, 0.4) is 0 Å². The number of pyridine rings is 1. The monoisotopic (exact) mass is 304 g/mol. The first-order chi connectivity index (χ1) is 10.3. The second-order valence-electron chi connectivity index (χ2n) is 4.57. The zero-order valence-corrected chi connectivity index (χ0v) is 11.4. The highest BCUT2D eigenvalue weighted by atomic mass is 16.4. The Morgan fingerprint density at radius 3 is 2.27 bits per heavy atom. The van der Waals surface area contributed by atoms with Crippen molar-refractivity contribution >= 4 is 17.8 Å². The predicted molar refractivity (Wildman–Crippen MR) is 77.2 cm³/mol. The molecule has 0 amide bonds. The summed E-state index contributed by atoms with van der Waals surface area (Å²) in [6, 6.07) is 4.37. The summed E-state index contributed by atoms with van der Waals surface area (Å²) < 4.78 is 0. The van der Waals surface area contributed by atoms with Crippen molar-refractivity contribution in [2.24, 2.45) is 0 Å².